The van der Waals surface area contributed by atoms with E-state index in [0.29, 0.717) is 23.9 Å². The molecule has 2 aromatic heterocycles. The summed E-state index contributed by atoms with van der Waals surface area (Å²) in [5, 5.41) is 4.89. The van der Waals surface area contributed by atoms with Crippen molar-refractivity contribution in [3.8, 4) is 0 Å². The van der Waals surface area contributed by atoms with Crippen molar-refractivity contribution in [2.24, 2.45) is 0 Å². The van der Waals surface area contributed by atoms with E-state index < -0.39 is 11.2 Å². The number of thiazole rings is 1. The van der Waals surface area contributed by atoms with E-state index in [1.165, 1.54) is 22.8 Å². The fourth-order valence-corrected chi connectivity index (χ4v) is 3.14. The summed E-state index contributed by atoms with van der Waals surface area (Å²) in [4.78, 5) is 43.5. The van der Waals surface area contributed by atoms with Gasteiger partial charge in [-0.3, -0.25) is 19.1 Å². The topological polar surface area (TPSA) is 126 Å². The Kier molecular flexibility index (Phi) is 5.97. The molecule has 0 bridgehead atoms. The van der Waals surface area contributed by atoms with Crippen molar-refractivity contribution in [2.45, 2.75) is 39.8 Å². The highest BCUT2D eigenvalue weighted by Crippen LogP contribution is 2.20. The molecule has 0 aliphatic heterocycles. The van der Waals surface area contributed by atoms with Crippen LogP contribution in [0.5, 0.6) is 0 Å². The Hall–Kier alpha value is -2.62. The number of rotatable bonds is 7. The first-order valence-electron chi connectivity index (χ1n) is 7.89. The molecular formula is C15H22N6O3S. The molecule has 0 unspecified atom stereocenters. The fraction of sp³-hybridized carbons (Fsp3) is 0.467. The van der Waals surface area contributed by atoms with Gasteiger partial charge < -0.3 is 16.0 Å². The lowest BCUT2D eigenvalue weighted by molar-refractivity contribution is -0.114. The van der Waals surface area contributed by atoms with Gasteiger partial charge in [0.25, 0.3) is 5.56 Å². The Labute approximate surface area is 148 Å². The maximum Gasteiger partial charge on any atom is 0.330 e. The summed E-state index contributed by atoms with van der Waals surface area (Å²) in [6.45, 7) is 4.18. The van der Waals surface area contributed by atoms with Gasteiger partial charge in [-0.15, -0.1) is 11.3 Å². The summed E-state index contributed by atoms with van der Waals surface area (Å²) in [5.74, 6) is -0.0556. The lowest BCUT2D eigenvalue weighted by atomic mass is 10.3. The predicted octanol–water partition coefficient (Wildman–Crippen LogP) is 0.970. The van der Waals surface area contributed by atoms with Gasteiger partial charge in [-0.05, 0) is 6.42 Å². The number of anilines is 3. The van der Waals surface area contributed by atoms with Crippen molar-refractivity contribution in [3.05, 3.63) is 31.9 Å². The number of unbranched alkanes of at least 4 members (excludes halogenated alkanes) is 1. The SMILES string of the molecule is CCCCn1c(N)c(N(C)Cc2csc(NC(C)=O)n2)c(=O)[nH]c1=O. The summed E-state index contributed by atoms with van der Waals surface area (Å²) in [5.41, 5.74) is 5.95. The predicted molar refractivity (Wildman–Crippen MR) is 99.2 cm³/mol. The van der Waals surface area contributed by atoms with Crippen LogP contribution in [0.3, 0.4) is 0 Å². The molecular weight excluding hydrogens is 344 g/mol. The third-order valence-electron chi connectivity index (χ3n) is 3.56. The summed E-state index contributed by atoms with van der Waals surface area (Å²) < 4.78 is 1.38. The highest BCUT2D eigenvalue weighted by atomic mass is 32.1. The Morgan fingerprint density at radius 2 is 2.20 bits per heavy atom. The zero-order valence-corrected chi connectivity index (χ0v) is 15.3. The Morgan fingerprint density at radius 3 is 2.84 bits per heavy atom. The molecule has 2 rings (SSSR count). The molecule has 136 valence electrons. The number of carbonyl (C=O) groups is 1. The van der Waals surface area contributed by atoms with E-state index in [1.54, 1.807) is 17.3 Å². The zero-order chi connectivity index (χ0) is 18.6. The van der Waals surface area contributed by atoms with E-state index >= 15 is 0 Å². The number of nitrogen functional groups attached to an aromatic ring is 1. The molecule has 9 nitrogen and oxygen atoms in total. The monoisotopic (exact) mass is 366 g/mol. The van der Waals surface area contributed by atoms with Crippen LogP contribution in [-0.4, -0.2) is 27.5 Å². The first kappa shape index (κ1) is 18.7. The molecule has 0 aliphatic rings. The largest absolute Gasteiger partial charge is 0.383 e. The van der Waals surface area contributed by atoms with E-state index in [1.807, 2.05) is 6.92 Å². The maximum absolute atomic E-state index is 12.2. The number of H-pyrrole nitrogens is 1. The first-order valence-corrected chi connectivity index (χ1v) is 8.77. The van der Waals surface area contributed by atoms with Crippen LogP contribution >= 0.6 is 11.3 Å². The van der Waals surface area contributed by atoms with Gasteiger partial charge in [-0.2, -0.15) is 0 Å². The molecule has 0 atom stereocenters. The lowest BCUT2D eigenvalue weighted by Crippen LogP contribution is -2.37. The summed E-state index contributed by atoms with van der Waals surface area (Å²) in [6.07, 6.45) is 1.69. The highest BCUT2D eigenvalue weighted by Gasteiger charge is 2.17. The van der Waals surface area contributed by atoms with Crippen molar-refractivity contribution >= 4 is 33.9 Å². The fourth-order valence-electron chi connectivity index (χ4n) is 2.39. The average molecular weight is 366 g/mol. The van der Waals surface area contributed by atoms with E-state index in [-0.39, 0.29) is 17.4 Å². The number of nitrogens with zero attached hydrogens (tertiary/aromatic N) is 3. The van der Waals surface area contributed by atoms with E-state index in [2.05, 4.69) is 15.3 Å². The summed E-state index contributed by atoms with van der Waals surface area (Å²) in [7, 11) is 1.70. The molecule has 1 amide bonds. The number of aromatic amines is 1. The molecule has 0 aromatic carbocycles. The second-order valence-corrected chi connectivity index (χ2v) is 6.54. The van der Waals surface area contributed by atoms with Crippen molar-refractivity contribution in [1.82, 2.24) is 14.5 Å². The molecule has 0 saturated heterocycles. The standard InChI is InChI=1S/C15H22N6O3S/c1-4-5-6-21-12(16)11(13(23)19-15(21)24)20(3)7-10-8-25-14(18-10)17-9(2)22/h8H,4-7,16H2,1-3H3,(H,17,18,22)(H,19,23,24). The number of nitrogens with two attached hydrogens (primary N) is 1. The third kappa shape index (κ3) is 4.47. The van der Waals surface area contributed by atoms with Crippen LogP contribution < -0.4 is 27.2 Å². The van der Waals surface area contributed by atoms with E-state index in [9.17, 15) is 14.4 Å². The zero-order valence-electron chi connectivity index (χ0n) is 14.5. The molecule has 0 aliphatic carbocycles. The molecule has 0 saturated carbocycles. The minimum Gasteiger partial charge on any atom is -0.383 e. The maximum atomic E-state index is 12.2. The van der Waals surface area contributed by atoms with Crippen molar-refractivity contribution in [1.29, 1.82) is 0 Å². The van der Waals surface area contributed by atoms with Crippen LogP contribution in [-0.2, 0) is 17.9 Å². The van der Waals surface area contributed by atoms with E-state index in [4.69, 9.17) is 5.73 Å². The van der Waals surface area contributed by atoms with Crippen LogP contribution in [0.25, 0.3) is 0 Å². The van der Waals surface area contributed by atoms with Gasteiger partial charge in [0.1, 0.15) is 11.5 Å². The van der Waals surface area contributed by atoms with Gasteiger partial charge in [0.05, 0.1) is 12.2 Å². The quantitative estimate of drug-likeness (QED) is 0.670. The van der Waals surface area contributed by atoms with Crippen LogP contribution in [0, 0.1) is 0 Å². The van der Waals surface area contributed by atoms with Gasteiger partial charge >= 0.3 is 5.69 Å². The normalized spacial score (nSPS) is 10.7. The molecule has 2 heterocycles. The summed E-state index contributed by atoms with van der Waals surface area (Å²) in [6, 6.07) is 0. The molecule has 4 N–H and O–H groups in total. The van der Waals surface area contributed by atoms with Crippen LogP contribution in [0.2, 0.25) is 0 Å². The molecule has 0 radical (unpaired) electrons. The molecule has 0 spiro atoms. The third-order valence-corrected chi connectivity index (χ3v) is 4.37. The highest BCUT2D eigenvalue weighted by molar-refractivity contribution is 7.13. The number of amides is 1. The molecule has 2 aromatic rings. The summed E-state index contributed by atoms with van der Waals surface area (Å²) >= 11 is 1.30. The second kappa shape index (κ2) is 7.97. The van der Waals surface area contributed by atoms with Crippen LogP contribution in [0.4, 0.5) is 16.6 Å². The molecule has 25 heavy (non-hydrogen) atoms. The van der Waals surface area contributed by atoms with Crippen LogP contribution in [0.15, 0.2) is 15.0 Å². The number of carbonyl (C=O) groups excluding carboxylic acids is 1. The van der Waals surface area contributed by atoms with Crippen molar-refractivity contribution in [2.75, 3.05) is 23.0 Å². The Bertz CT molecular complexity index is 869. The van der Waals surface area contributed by atoms with Gasteiger partial charge in [0.2, 0.25) is 5.91 Å². The lowest BCUT2D eigenvalue weighted by Gasteiger charge is -2.21. The Morgan fingerprint density at radius 1 is 1.48 bits per heavy atom. The Balaban J connectivity index is 2.28. The number of hydrogen-bond acceptors (Lipinski definition) is 7. The van der Waals surface area contributed by atoms with Crippen LogP contribution in [0.1, 0.15) is 32.4 Å². The molecule has 10 heteroatoms. The van der Waals surface area contributed by atoms with Gasteiger partial charge in [0.15, 0.2) is 5.13 Å². The van der Waals surface area contributed by atoms with Crippen molar-refractivity contribution < 1.29 is 4.79 Å². The smallest absolute Gasteiger partial charge is 0.330 e. The van der Waals surface area contributed by atoms with E-state index in [0.717, 1.165) is 12.8 Å². The number of nitrogens with one attached hydrogen (secondary N) is 2. The first-order chi connectivity index (χ1) is 11.8. The molecule has 0 fully saturated rings. The minimum absolute atomic E-state index is 0.141. The van der Waals surface area contributed by atoms with Crippen molar-refractivity contribution in [3.63, 3.8) is 0 Å². The minimum atomic E-state index is -0.532. The second-order valence-electron chi connectivity index (χ2n) is 5.68. The number of aromatic nitrogens is 3. The number of hydrogen-bond donors (Lipinski definition) is 3. The van der Waals surface area contributed by atoms with Gasteiger partial charge in [0, 0.05) is 25.9 Å². The van der Waals surface area contributed by atoms with Gasteiger partial charge in [-0.25, -0.2) is 9.78 Å². The van der Waals surface area contributed by atoms with Gasteiger partial charge in [-0.1, -0.05) is 13.3 Å². The average Bonchev–Trinajstić information content (AvgIpc) is 2.92.